The molecule has 1 aliphatic heterocycles. The summed E-state index contributed by atoms with van der Waals surface area (Å²) in [6.07, 6.45) is 0. The zero-order chi connectivity index (χ0) is 17.9. The van der Waals surface area contributed by atoms with Crippen LogP contribution in [0.5, 0.6) is 11.5 Å². The molecule has 2 aromatic carbocycles. The van der Waals surface area contributed by atoms with Crippen molar-refractivity contribution >= 4 is 23.5 Å². The number of fused-ring (bicyclic) bond motifs is 2. The Morgan fingerprint density at radius 1 is 0.615 bits per heavy atom. The van der Waals surface area contributed by atoms with Gasteiger partial charge >= 0.3 is 0 Å². The highest BCUT2D eigenvalue weighted by atomic mass is 32.2. The van der Waals surface area contributed by atoms with E-state index in [2.05, 4.69) is 47.0 Å². The number of ether oxygens (including phenoxy) is 2. The monoisotopic (exact) mass is 390 g/mol. The second-order valence-electron chi connectivity index (χ2n) is 5.79. The first-order valence-corrected chi connectivity index (χ1v) is 11.0. The molecule has 0 amide bonds. The largest absolute Gasteiger partial charge is 0.491 e. The van der Waals surface area contributed by atoms with Gasteiger partial charge < -0.3 is 20.1 Å². The van der Waals surface area contributed by atoms with Gasteiger partial charge in [-0.2, -0.15) is 0 Å². The maximum absolute atomic E-state index is 5.96. The minimum absolute atomic E-state index is 0.681. The number of para-hydroxylation sites is 2. The van der Waals surface area contributed by atoms with Gasteiger partial charge in [0.05, 0.1) is 0 Å². The van der Waals surface area contributed by atoms with Gasteiger partial charge in [-0.05, 0) is 24.3 Å². The summed E-state index contributed by atoms with van der Waals surface area (Å²) < 4.78 is 11.9. The van der Waals surface area contributed by atoms with Gasteiger partial charge in [-0.25, -0.2) is 0 Å². The quantitative estimate of drug-likeness (QED) is 0.717. The van der Waals surface area contributed by atoms with Crippen LogP contribution in [-0.4, -0.2) is 50.9 Å². The molecule has 0 bridgehead atoms. The average molecular weight is 391 g/mol. The number of benzene rings is 2. The van der Waals surface area contributed by atoms with Crippen LogP contribution < -0.4 is 20.1 Å². The van der Waals surface area contributed by atoms with Gasteiger partial charge in [0.25, 0.3) is 0 Å². The van der Waals surface area contributed by atoms with Crippen LogP contribution in [0.1, 0.15) is 0 Å². The predicted octanol–water partition coefficient (Wildman–Crippen LogP) is 3.52. The molecule has 0 saturated carbocycles. The van der Waals surface area contributed by atoms with Crippen molar-refractivity contribution in [2.75, 3.05) is 50.9 Å². The van der Waals surface area contributed by atoms with Crippen molar-refractivity contribution in [2.24, 2.45) is 0 Å². The Labute approximate surface area is 164 Å². The molecule has 4 nitrogen and oxygen atoms in total. The van der Waals surface area contributed by atoms with Crippen molar-refractivity contribution < 1.29 is 9.47 Å². The van der Waals surface area contributed by atoms with Gasteiger partial charge in [0, 0.05) is 47.5 Å². The fraction of sp³-hybridized carbons (Fsp3) is 0.400. The van der Waals surface area contributed by atoms with E-state index in [1.807, 2.05) is 35.7 Å². The van der Waals surface area contributed by atoms with Crippen LogP contribution >= 0.6 is 23.5 Å². The number of rotatable bonds is 0. The van der Waals surface area contributed by atoms with Crippen molar-refractivity contribution in [3.05, 3.63) is 48.5 Å². The summed E-state index contributed by atoms with van der Waals surface area (Å²) in [4.78, 5) is 2.41. The average Bonchev–Trinajstić information content (AvgIpc) is 2.68. The molecule has 0 fully saturated rings. The Morgan fingerprint density at radius 2 is 1.08 bits per heavy atom. The first kappa shape index (κ1) is 19.4. The first-order valence-electron chi connectivity index (χ1n) is 9.04. The van der Waals surface area contributed by atoms with Crippen LogP contribution in [0.15, 0.2) is 58.3 Å². The Balaban J connectivity index is 1.56. The van der Waals surface area contributed by atoms with E-state index in [1.54, 1.807) is 0 Å². The van der Waals surface area contributed by atoms with Crippen molar-refractivity contribution in [2.45, 2.75) is 9.79 Å². The van der Waals surface area contributed by atoms with Gasteiger partial charge in [-0.15, -0.1) is 23.5 Å². The predicted molar refractivity (Wildman–Crippen MR) is 111 cm³/mol. The second-order valence-corrected chi connectivity index (χ2v) is 8.06. The topological polar surface area (TPSA) is 42.5 Å². The fourth-order valence-corrected chi connectivity index (χ4v) is 4.38. The molecule has 1 aliphatic rings. The number of hydrogen-bond acceptors (Lipinski definition) is 6. The molecule has 3 rings (SSSR count). The van der Waals surface area contributed by atoms with Crippen LogP contribution in [0.4, 0.5) is 0 Å². The zero-order valence-electron chi connectivity index (χ0n) is 14.9. The van der Waals surface area contributed by atoms with Gasteiger partial charge in [-0.1, -0.05) is 24.3 Å². The van der Waals surface area contributed by atoms with E-state index < -0.39 is 0 Å². The molecule has 1 heterocycles. The van der Waals surface area contributed by atoms with Gasteiger partial charge in [0.1, 0.15) is 24.7 Å². The summed E-state index contributed by atoms with van der Waals surface area (Å²) in [5, 5.41) is 6.90. The highest BCUT2D eigenvalue weighted by Crippen LogP contribution is 2.29. The molecular formula is C20H26N2O2S2. The summed E-state index contributed by atoms with van der Waals surface area (Å²) >= 11 is 3.65. The molecule has 0 aromatic heterocycles. The van der Waals surface area contributed by atoms with E-state index in [4.69, 9.17) is 9.47 Å². The number of thioether (sulfide) groups is 2. The molecule has 0 unspecified atom stereocenters. The fourth-order valence-electron chi connectivity index (χ4n) is 2.56. The van der Waals surface area contributed by atoms with Crippen LogP contribution in [0.3, 0.4) is 0 Å². The standard InChI is InChI=1S/C20H26N2O2S2/c1-3-7-19-17(5-1)23-13-9-21-12-16-26-20-8-4-2-6-18(20)24-14-10-22-11-15-25-19/h1-8,21-22H,9-16H2. The van der Waals surface area contributed by atoms with Crippen molar-refractivity contribution in [3.63, 3.8) is 0 Å². The third-order valence-electron chi connectivity index (χ3n) is 3.84. The SMILES string of the molecule is c1ccc2c(c1)OCCNCCSc1ccccc1OCCNCCS2. The van der Waals surface area contributed by atoms with E-state index in [-0.39, 0.29) is 0 Å². The second kappa shape index (κ2) is 11.4. The Bertz CT molecular complexity index is 558. The maximum Gasteiger partial charge on any atom is 0.132 e. The van der Waals surface area contributed by atoms with E-state index in [1.165, 1.54) is 9.79 Å². The van der Waals surface area contributed by atoms with Gasteiger partial charge in [0.2, 0.25) is 0 Å². The van der Waals surface area contributed by atoms with Crippen LogP contribution in [0, 0.1) is 0 Å². The summed E-state index contributed by atoms with van der Waals surface area (Å²) in [5.74, 6) is 3.97. The Hall–Kier alpha value is -1.34. The smallest absolute Gasteiger partial charge is 0.132 e. The van der Waals surface area contributed by atoms with Crippen molar-refractivity contribution in [3.8, 4) is 11.5 Å². The lowest BCUT2D eigenvalue weighted by molar-refractivity contribution is 0.307. The Kier molecular flexibility index (Phi) is 8.51. The lowest BCUT2D eigenvalue weighted by atomic mass is 10.3. The van der Waals surface area contributed by atoms with E-state index >= 15 is 0 Å². The molecule has 26 heavy (non-hydrogen) atoms. The summed E-state index contributed by atoms with van der Waals surface area (Å²) in [6.45, 7) is 4.94. The Morgan fingerprint density at radius 3 is 1.58 bits per heavy atom. The van der Waals surface area contributed by atoms with E-state index in [0.29, 0.717) is 13.2 Å². The zero-order valence-corrected chi connectivity index (χ0v) is 16.5. The molecule has 2 aromatic rings. The van der Waals surface area contributed by atoms with Crippen LogP contribution in [-0.2, 0) is 0 Å². The molecular weight excluding hydrogens is 364 g/mol. The molecule has 140 valence electrons. The molecule has 0 atom stereocenters. The third kappa shape index (κ3) is 6.43. The molecule has 2 N–H and O–H groups in total. The highest BCUT2D eigenvalue weighted by Gasteiger charge is 2.06. The number of hydrogen-bond donors (Lipinski definition) is 2. The summed E-state index contributed by atoms with van der Waals surface area (Å²) in [6, 6.07) is 16.5. The van der Waals surface area contributed by atoms with Crippen LogP contribution in [0.2, 0.25) is 0 Å². The van der Waals surface area contributed by atoms with Gasteiger partial charge in [0.15, 0.2) is 0 Å². The van der Waals surface area contributed by atoms with E-state index in [0.717, 1.165) is 49.2 Å². The third-order valence-corrected chi connectivity index (χ3v) is 5.96. The lowest BCUT2D eigenvalue weighted by Gasteiger charge is -2.14. The summed E-state index contributed by atoms with van der Waals surface area (Å²) in [7, 11) is 0. The highest BCUT2D eigenvalue weighted by molar-refractivity contribution is 7.99. The van der Waals surface area contributed by atoms with Gasteiger partial charge in [-0.3, -0.25) is 0 Å². The van der Waals surface area contributed by atoms with E-state index in [9.17, 15) is 0 Å². The summed E-state index contributed by atoms with van der Waals surface area (Å²) in [5.41, 5.74) is 0. The van der Waals surface area contributed by atoms with Crippen LogP contribution in [0.25, 0.3) is 0 Å². The molecule has 0 radical (unpaired) electrons. The molecule has 0 saturated heterocycles. The first-order chi connectivity index (χ1) is 12.9. The molecule has 0 spiro atoms. The maximum atomic E-state index is 5.96. The minimum atomic E-state index is 0.681. The van der Waals surface area contributed by atoms with Crippen molar-refractivity contribution in [1.82, 2.24) is 10.6 Å². The minimum Gasteiger partial charge on any atom is -0.491 e. The molecule has 6 heteroatoms. The molecule has 0 aliphatic carbocycles. The lowest BCUT2D eigenvalue weighted by Crippen LogP contribution is -2.24. The van der Waals surface area contributed by atoms with Crippen molar-refractivity contribution in [1.29, 1.82) is 0 Å². The number of nitrogens with one attached hydrogen (secondary N) is 2. The normalized spacial score (nSPS) is 17.5.